The summed E-state index contributed by atoms with van der Waals surface area (Å²) in [6.07, 6.45) is 1.55. The molecule has 2 N–H and O–H groups in total. The van der Waals surface area contributed by atoms with Crippen LogP contribution in [0.4, 0.5) is 5.69 Å². The fourth-order valence-corrected chi connectivity index (χ4v) is 0.922. The molecule has 14 heavy (non-hydrogen) atoms. The first kappa shape index (κ1) is 10.5. The van der Waals surface area contributed by atoms with Gasteiger partial charge in [-0.15, -0.1) is 0 Å². The summed E-state index contributed by atoms with van der Waals surface area (Å²) in [5.41, 5.74) is 0.624. The van der Waals surface area contributed by atoms with Gasteiger partial charge in [0, 0.05) is 6.20 Å². The van der Waals surface area contributed by atoms with Crippen molar-refractivity contribution < 1.29 is 4.79 Å². The Morgan fingerprint density at radius 1 is 1.64 bits per heavy atom. The second kappa shape index (κ2) is 4.11. The molecular weight excluding hydrogens is 204 g/mol. The van der Waals surface area contributed by atoms with Crippen LogP contribution in [0.5, 0.6) is 0 Å². The van der Waals surface area contributed by atoms with Crippen LogP contribution in [0.2, 0.25) is 0 Å². The van der Waals surface area contributed by atoms with E-state index in [-0.39, 0.29) is 16.3 Å². The molecule has 1 amide bonds. The molecular formula is C9H9ClN2O2. The molecule has 1 aromatic heterocycles. The third-order valence-corrected chi connectivity index (χ3v) is 1.71. The molecule has 1 aromatic rings. The Morgan fingerprint density at radius 2 is 2.29 bits per heavy atom. The molecule has 0 saturated heterocycles. The monoisotopic (exact) mass is 212 g/mol. The van der Waals surface area contributed by atoms with Crippen molar-refractivity contribution in [2.75, 3.05) is 5.32 Å². The van der Waals surface area contributed by atoms with Gasteiger partial charge in [0.15, 0.2) is 0 Å². The van der Waals surface area contributed by atoms with Crippen LogP contribution in [-0.4, -0.2) is 10.9 Å². The Balaban J connectivity index is 2.97. The summed E-state index contributed by atoms with van der Waals surface area (Å²) < 4.78 is 0. The zero-order valence-corrected chi connectivity index (χ0v) is 8.31. The summed E-state index contributed by atoms with van der Waals surface area (Å²) in [5, 5.41) is 2.18. The number of carbonyl (C=O) groups is 1. The van der Waals surface area contributed by atoms with Crippen molar-refractivity contribution in [1.29, 1.82) is 0 Å². The fraction of sp³-hybridized carbons (Fsp3) is 0.111. The number of amides is 1. The number of hydrogen-bond donors (Lipinski definition) is 2. The maximum Gasteiger partial charge on any atom is 0.271 e. The quantitative estimate of drug-likeness (QED) is 0.728. The summed E-state index contributed by atoms with van der Waals surface area (Å²) >= 11 is 5.35. The molecule has 0 bridgehead atoms. The lowest BCUT2D eigenvalue weighted by Gasteiger charge is -2.02. The van der Waals surface area contributed by atoms with E-state index in [1.165, 1.54) is 0 Å². The normalized spacial score (nSPS) is 9.57. The van der Waals surface area contributed by atoms with E-state index in [0.29, 0.717) is 0 Å². The van der Waals surface area contributed by atoms with Crippen molar-refractivity contribution in [1.82, 2.24) is 4.98 Å². The number of nitrogens with one attached hydrogen (secondary N) is 2. The van der Waals surface area contributed by atoms with E-state index >= 15 is 0 Å². The van der Waals surface area contributed by atoms with Crippen molar-refractivity contribution in [3.63, 3.8) is 0 Å². The van der Waals surface area contributed by atoms with Gasteiger partial charge < -0.3 is 10.3 Å². The topological polar surface area (TPSA) is 62.0 Å². The Morgan fingerprint density at radius 3 is 2.86 bits per heavy atom. The summed E-state index contributed by atoms with van der Waals surface area (Å²) in [4.78, 5) is 24.7. The molecule has 0 atom stereocenters. The SMILES string of the molecule is C=C(Cl)C(=O)Nc1cc(C)c[nH]c1=O. The zero-order valence-electron chi connectivity index (χ0n) is 7.56. The number of carbonyl (C=O) groups excluding carboxylic acids is 1. The Bertz CT molecular complexity index is 437. The number of halogens is 1. The highest BCUT2D eigenvalue weighted by Crippen LogP contribution is 2.05. The van der Waals surface area contributed by atoms with Crippen LogP contribution in [-0.2, 0) is 4.79 Å². The van der Waals surface area contributed by atoms with Gasteiger partial charge in [0.05, 0.1) is 5.03 Å². The number of hydrogen-bond acceptors (Lipinski definition) is 2. The fourth-order valence-electron chi connectivity index (χ4n) is 0.875. The summed E-state index contributed by atoms with van der Waals surface area (Å²) in [6.45, 7) is 5.04. The summed E-state index contributed by atoms with van der Waals surface area (Å²) in [6, 6.07) is 1.55. The van der Waals surface area contributed by atoms with Crippen molar-refractivity contribution in [3.8, 4) is 0 Å². The van der Waals surface area contributed by atoms with Gasteiger partial charge in [-0.05, 0) is 18.6 Å². The van der Waals surface area contributed by atoms with Gasteiger partial charge in [-0.1, -0.05) is 18.2 Å². The molecule has 4 nitrogen and oxygen atoms in total. The Kier molecular flexibility index (Phi) is 3.09. The van der Waals surface area contributed by atoms with Crippen LogP contribution in [0.1, 0.15) is 5.56 Å². The first-order valence-electron chi connectivity index (χ1n) is 3.86. The summed E-state index contributed by atoms with van der Waals surface area (Å²) in [5.74, 6) is -0.581. The molecule has 0 aromatic carbocycles. The number of aryl methyl sites for hydroxylation is 1. The van der Waals surface area contributed by atoms with Crippen LogP contribution in [0.15, 0.2) is 28.7 Å². The van der Waals surface area contributed by atoms with Crippen molar-refractivity contribution in [3.05, 3.63) is 39.8 Å². The number of aromatic amines is 1. The molecule has 0 spiro atoms. The average Bonchev–Trinajstić information content (AvgIpc) is 2.11. The van der Waals surface area contributed by atoms with E-state index in [4.69, 9.17) is 11.6 Å². The minimum Gasteiger partial charge on any atom is -0.327 e. The molecule has 74 valence electrons. The molecule has 0 aliphatic carbocycles. The van der Waals surface area contributed by atoms with Crippen molar-refractivity contribution in [2.45, 2.75) is 6.92 Å². The lowest BCUT2D eigenvalue weighted by atomic mass is 10.3. The van der Waals surface area contributed by atoms with E-state index in [2.05, 4.69) is 16.9 Å². The maximum absolute atomic E-state index is 11.2. The lowest BCUT2D eigenvalue weighted by molar-refractivity contribution is -0.112. The molecule has 0 unspecified atom stereocenters. The average molecular weight is 213 g/mol. The molecule has 0 aliphatic rings. The zero-order chi connectivity index (χ0) is 10.7. The number of rotatable bonds is 2. The molecule has 0 saturated carbocycles. The predicted octanol–water partition coefficient (Wildman–Crippen LogP) is 1.37. The van der Waals surface area contributed by atoms with E-state index in [0.717, 1.165) is 5.56 Å². The number of pyridine rings is 1. The van der Waals surface area contributed by atoms with Gasteiger partial charge in [0.2, 0.25) is 0 Å². The highest BCUT2D eigenvalue weighted by atomic mass is 35.5. The largest absolute Gasteiger partial charge is 0.327 e. The van der Waals surface area contributed by atoms with Gasteiger partial charge in [0.25, 0.3) is 11.5 Å². The summed E-state index contributed by atoms with van der Waals surface area (Å²) in [7, 11) is 0. The van der Waals surface area contributed by atoms with E-state index < -0.39 is 5.91 Å². The highest BCUT2D eigenvalue weighted by Gasteiger charge is 2.07. The molecule has 1 heterocycles. The first-order valence-corrected chi connectivity index (χ1v) is 4.23. The third kappa shape index (κ3) is 2.47. The third-order valence-electron chi connectivity index (χ3n) is 1.54. The molecule has 0 radical (unpaired) electrons. The van der Waals surface area contributed by atoms with Gasteiger partial charge >= 0.3 is 0 Å². The lowest BCUT2D eigenvalue weighted by Crippen LogP contribution is -2.19. The van der Waals surface area contributed by atoms with Gasteiger partial charge in [0.1, 0.15) is 5.69 Å². The van der Waals surface area contributed by atoms with Gasteiger partial charge in [-0.2, -0.15) is 0 Å². The van der Waals surface area contributed by atoms with Crippen LogP contribution in [0.25, 0.3) is 0 Å². The highest BCUT2D eigenvalue weighted by molar-refractivity contribution is 6.43. The molecule has 5 heteroatoms. The standard InChI is InChI=1S/C9H9ClN2O2/c1-5-3-7(9(14)11-4-5)12-8(13)6(2)10/h3-4H,2H2,1H3,(H,11,14)(H,12,13). The predicted molar refractivity (Wildman–Crippen MR) is 55.4 cm³/mol. The second-order valence-corrected chi connectivity index (χ2v) is 3.24. The van der Waals surface area contributed by atoms with E-state index in [1.807, 2.05) is 0 Å². The Hall–Kier alpha value is -1.55. The molecule has 0 fully saturated rings. The minimum atomic E-state index is -0.581. The maximum atomic E-state index is 11.2. The number of aromatic nitrogens is 1. The van der Waals surface area contributed by atoms with Gasteiger partial charge in [-0.25, -0.2) is 0 Å². The van der Waals surface area contributed by atoms with Crippen molar-refractivity contribution in [2.24, 2.45) is 0 Å². The minimum absolute atomic E-state index is 0.161. The van der Waals surface area contributed by atoms with Crippen LogP contribution in [0, 0.1) is 6.92 Å². The van der Waals surface area contributed by atoms with Crippen LogP contribution >= 0.6 is 11.6 Å². The van der Waals surface area contributed by atoms with E-state index in [9.17, 15) is 9.59 Å². The molecule has 0 aliphatic heterocycles. The molecule has 1 rings (SSSR count). The second-order valence-electron chi connectivity index (χ2n) is 2.78. The number of anilines is 1. The van der Waals surface area contributed by atoms with Crippen LogP contribution in [0.3, 0.4) is 0 Å². The van der Waals surface area contributed by atoms with Crippen LogP contribution < -0.4 is 10.9 Å². The first-order chi connectivity index (χ1) is 6.50. The van der Waals surface area contributed by atoms with Gasteiger partial charge in [-0.3, -0.25) is 9.59 Å². The van der Waals surface area contributed by atoms with E-state index in [1.54, 1.807) is 19.2 Å². The Labute approximate surface area is 85.6 Å². The number of H-pyrrole nitrogens is 1. The smallest absolute Gasteiger partial charge is 0.271 e. The van der Waals surface area contributed by atoms with Crippen molar-refractivity contribution >= 4 is 23.2 Å².